The molecule has 4 aromatic heterocycles. The van der Waals surface area contributed by atoms with Gasteiger partial charge >= 0.3 is 0 Å². The Bertz CT molecular complexity index is 2170. The molecule has 1 amide bonds. The molecule has 6 aromatic rings. The van der Waals surface area contributed by atoms with E-state index < -0.39 is 17.7 Å². The molecule has 0 saturated carbocycles. The number of aliphatic hydroxyl groups excluding tert-OH is 1. The number of hydrogen-bond acceptors (Lipinski definition) is 7. The summed E-state index contributed by atoms with van der Waals surface area (Å²) in [6.45, 7) is 7.70. The van der Waals surface area contributed by atoms with E-state index in [1.165, 1.54) is 24.3 Å². The number of carbonyl (C=O) groups excluding carboxylic acids is 1. The molecule has 5 heterocycles. The van der Waals surface area contributed by atoms with Gasteiger partial charge in [-0.25, -0.2) is 18.7 Å². The maximum Gasteiger partial charge on any atom is 0.246 e. The van der Waals surface area contributed by atoms with Crippen molar-refractivity contribution in [2.45, 2.75) is 39.1 Å². The van der Waals surface area contributed by atoms with Crippen LogP contribution in [0.4, 0.5) is 8.78 Å². The fraction of sp³-hybridized carbons (Fsp3) is 0.235. The summed E-state index contributed by atoms with van der Waals surface area (Å²) in [4.78, 5) is 24.0. The fourth-order valence-corrected chi connectivity index (χ4v) is 6.96. The second kappa shape index (κ2) is 11.5. The minimum atomic E-state index is -0.870. The van der Waals surface area contributed by atoms with Crippen molar-refractivity contribution in [1.29, 1.82) is 0 Å². The van der Waals surface area contributed by atoms with Crippen molar-refractivity contribution in [2.24, 2.45) is 7.05 Å². The van der Waals surface area contributed by atoms with Gasteiger partial charge in [-0.3, -0.25) is 9.48 Å². The van der Waals surface area contributed by atoms with Crippen molar-refractivity contribution in [3.05, 3.63) is 84.2 Å². The number of thiophene rings is 1. The van der Waals surface area contributed by atoms with Gasteiger partial charge in [0.1, 0.15) is 35.4 Å². The maximum absolute atomic E-state index is 16.0. The first-order chi connectivity index (χ1) is 22.1. The second-order valence-electron chi connectivity index (χ2n) is 11.5. The van der Waals surface area contributed by atoms with Crippen LogP contribution < -0.4 is 4.74 Å². The van der Waals surface area contributed by atoms with Crippen LogP contribution in [-0.2, 0) is 24.9 Å². The van der Waals surface area contributed by atoms with E-state index >= 15 is 4.39 Å². The number of ether oxygens (including phenoxy) is 1. The van der Waals surface area contributed by atoms with Gasteiger partial charge in [0.25, 0.3) is 0 Å². The molecule has 2 unspecified atom stereocenters. The molecule has 9 nitrogen and oxygen atoms in total. The van der Waals surface area contributed by atoms with Crippen molar-refractivity contribution >= 4 is 38.4 Å². The first-order valence-electron chi connectivity index (χ1n) is 14.8. The summed E-state index contributed by atoms with van der Waals surface area (Å²) in [5, 5.41) is 17.5. The van der Waals surface area contributed by atoms with Gasteiger partial charge in [-0.1, -0.05) is 12.6 Å². The topological polar surface area (TPSA) is 98.3 Å². The lowest BCUT2D eigenvalue weighted by atomic mass is 9.96. The fourth-order valence-electron chi connectivity index (χ4n) is 6.01. The summed E-state index contributed by atoms with van der Waals surface area (Å²) in [6.07, 6.45) is 2.18. The van der Waals surface area contributed by atoms with E-state index in [-0.39, 0.29) is 29.9 Å². The summed E-state index contributed by atoms with van der Waals surface area (Å²) < 4.78 is 40.9. The minimum Gasteiger partial charge on any atom is -0.490 e. The lowest BCUT2D eigenvalue weighted by molar-refractivity contribution is -0.129. The monoisotopic (exact) mass is 640 g/mol. The molecular weight excluding hydrogens is 610 g/mol. The number of nitrogens with zero attached hydrogens (tertiary/aromatic N) is 6. The van der Waals surface area contributed by atoms with E-state index in [1.54, 1.807) is 11.2 Å². The highest BCUT2D eigenvalue weighted by Crippen LogP contribution is 2.47. The molecule has 2 atom stereocenters. The number of rotatable bonds is 7. The number of benzene rings is 2. The molecule has 0 bridgehead atoms. The number of carbonyl (C=O) groups is 1. The number of pyridine rings is 1. The zero-order valence-corrected chi connectivity index (χ0v) is 26.2. The summed E-state index contributed by atoms with van der Waals surface area (Å²) in [5.41, 5.74) is 5.26. The number of imidazole rings is 1. The number of aryl methyl sites for hydroxylation is 1. The van der Waals surface area contributed by atoms with Crippen LogP contribution in [0.25, 0.3) is 54.9 Å². The molecule has 1 aliphatic heterocycles. The third-order valence-electron chi connectivity index (χ3n) is 8.22. The number of halogens is 2. The molecule has 7 rings (SSSR count). The number of aliphatic hydroxyl groups is 1. The van der Waals surface area contributed by atoms with E-state index in [0.29, 0.717) is 40.4 Å². The summed E-state index contributed by atoms with van der Waals surface area (Å²) in [5.74, 6) is -1.88. The van der Waals surface area contributed by atoms with Crippen molar-refractivity contribution in [3.63, 3.8) is 0 Å². The first kappa shape index (κ1) is 29.8. The molecule has 1 aliphatic rings. The summed E-state index contributed by atoms with van der Waals surface area (Å²) in [6, 6.07) is 11.5. The van der Waals surface area contributed by atoms with Crippen LogP contribution in [0.1, 0.15) is 19.5 Å². The van der Waals surface area contributed by atoms with E-state index in [2.05, 4.69) is 11.6 Å². The molecule has 12 heteroatoms. The normalized spacial score (nSPS) is 15.3. The summed E-state index contributed by atoms with van der Waals surface area (Å²) >= 11 is 1.40. The number of hydrogen-bond donors (Lipinski definition) is 1. The van der Waals surface area contributed by atoms with Gasteiger partial charge in [0.2, 0.25) is 5.91 Å². The highest BCUT2D eigenvalue weighted by Gasteiger charge is 2.30. The lowest BCUT2D eigenvalue weighted by Gasteiger charge is -2.33. The molecule has 0 spiro atoms. The van der Waals surface area contributed by atoms with Crippen LogP contribution in [-0.4, -0.2) is 59.0 Å². The molecule has 2 aromatic carbocycles. The van der Waals surface area contributed by atoms with Crippen LogP contribution in [0.2, 0.25) is 0 Å². The molecule has 46 heavy (non-hydrogen) atoms. The number of amides is 1. The average molecular weight is 641 g/mol. The van der Waals surface area contributed by atoms with Gasteiger partial charge in [-0.15, -0.1) is 11.3 Å². The standard InChI is InChI=1S/C34H30F2N6O3S/c1-5-29(44)41-15-22-13-26(39-42(22)14-18(41)2)33-31(30-24(36)11-21(35)12-28(30)45-16-19(3)43)34-23(8-9-46-34)32(38-33)20-6-7-27-25(10-20)37-17-40(27)4/h5-13,17-19,43H,1,14-16H2,2-4H3. The molecule has 1 N–H and O–H groups in total. The Balaban J connectivity index is 1.50. The second-order valence-corrected chi connectivity index (χ2v) is 12.5. The maximum atomic E-state index is 16.0. The van der Waals surface area contributed by atoms with Crippen LogP contribution >= 0.6 is 11.3 Å². The Kier molecular flexibility index (Phi) is 7.41. The van der Waals surface area contributed by atoms with Crippen LogP contribution in [0.5, 0.6) is 5.75 Å². The minimum absolute atomic E-state index is 0.0199. The van der Waals surface area contributed by atoms with Gasteiger partial charge in [0.05, 0.1) is 53.5 Å². The molecule has 0 aliphatic carbocycles. The van der Waals surface area contributed by atoms with Crippen LogP contribution in [0, 0.1) is 11.6 Å². The van der Waals surface area contributed by atoms with E-state index in [4.69, 9.17) is 14.8 Å². The first-order valence-corrected chi connectivity index (χ1v) is 15.6. The van der Waals surface area contributed by atoms with Gasteiger partial charge in [0.15, 0.2) is 0 Å². The van der Waals surface area contributed by atoms with Gasteiger partial charge in [-0.2, -0.15) is 5.10 Å². The smallest absolute Gasteiger partial charge is 0.246 e. The molecule has 0 saturated heterocycles. The number of aromatic nitrogens is 5. The Morgan fingerprint density at radius 3 is 2.80 bits per heavy atom. The zero-order chi connectivity index (χ0) is 32.3. The van der Waals surface area contributed by atoms with Crippen molar-refractivity contribution in [3.8, 4) is 39.5 Å². The highest BCUT2D eigenvalue weighted by atomic mass is 32.1. The average Bonchev–Trinajstić information content (AvgIpc) is 3.77. The predicted molar refractivity (Wildman–Crippen MR) is 173 cm³/mol. The Morgan fingerprint density at radius 1 is 1.20 bits per heavy atom. The van der Waals surface area contributed by atoms with Gasteiger partial charge in [-0.05, 0) is 49.6 Å². The van der Waals surface area contributed by atoms with E-state index in [0.717, 1.165) is 39.8 Å². The summed E-state index contributed by atoms with van der Waals surface area (Å²) in [7, 11) is 1.93. The van der Waals surface area contributed by atoms with Crippen LogP contribution in [0.3, 0.4) is 0 Å². The predicted octanol–water partition coefficient (Wildman–Crippen LogP) is 6.34. The third kappa shape index (κ3) is 5.03. The molecular formula is C34H30F2N6O3S. The number of fused-ring (bicyclic) bond motifs is 3. The van der Waals surface area contributed by atoms with Gasteiger partial charge in [0, 0.05) is 46.4 Å². The Hall–Kier alpha value is -4.94. The molecule has 0 radical (unpaired) electrons. The van der Waals surface area contributed by atoms with E-state index in [1.807, 2.05) is 58.9 Å². The Labute approximate surface area is 267 Å². The SMILES string of the molecule is C=CC(=O)N1Cc2cc(-c3nc(-c4ccc5c(c4)ncn5C)c4ccsc4c3-c3c(F)cc(F)cc3OCC(C)O)nn2CC1C. The third-order valence-corrected chi connectivity index (χ3v) is 9.15. The lowest BCUT2D eigenvalue weighted by Crippen LogP contribution is -2.44. The van der Waals surface area contributed by atoms with Crippen molar-refractivity contribution < 1.29 is 23.4 Å². The van der Waals surface area contributed by atoms with Crippen molar-refractivity contribution in [2.75, 3.05) is 6.61 Å². The van der Waals surface area contributed by atoms with Gasteiger partial charge < -0.3 is 19.3 Å². The van der Waals surface area contributed by atoms with Crippen LogP contribution in [0.15, 0.2) is 66.8 Å². The molecule has 0 fully saturated rings. The van der Waals surface area contributed by atoms with Crippen molar-refractivity contribution in [1.82, 2.24) is 29.2 Å². The Morgan fingerprint density at radius 2 is 2.02 bits per heavy atom. The highest BCUT2D eigenvalue weighted by molar-refractivity contribution is 7.18. The largest absolute Gasteiger partial charge is 0.490 e. The van der Waals surface area contributed by atoms with E-state index in [9.17, 15) is 14.3 Å². The zero-order valence-electron chi connectivity index (χ0n) is 25.4. The molecule has 234 valence electrons. The quantitative estimate of drug-likeness (QED) is 0.205.